The number of likely N-dealkylation sites (N-methyl/N-ethyl adjacent to an activating group) is 1. The topological polar surface area (TPSA) is 58.6 Å². The van der Waals surface area contributed by atoms with E-state index in [1.54, 1.807) is 43.3 Å². The maximum atomic E-state index is 12.9. The molecule has 0 aliphatic heterocycles. The number of benzene rings is 2. The second kappa shape index (κ2) is 9.36. The molecule has 0 spiro atoms. The lowest BCUT2D eigenvalue weighted by molar-refractivity contribution is -0.119. The van der Waals surface area contributed by atoms with E-state index in [-0.39, 0.29) is 17.9 Å². The second-order valence-corrected chi connectivity index (χ2v) is 6.48. The monoisotopic (exact) mass is 374 g/mol. The van der Waals surface area contributed by atoms with Crippen molar-refractivity contribution in [3.05, 3.63) is 70.2 Å². The van der Waals surface area contributed by atoms with Crippen molar-refractivity contribution in [3.8, 4) is 0 Å². The molecule has 0 aliphatic carbocycles. The molecule has 1 N–H and O–H groups in total. The van der Waals surface area contributed by atoms with Crippen molar-refractivity contribution < 1.29 is 14.3 Å². The molecule has 0 fully saturated rings. The highest BCUT2D eigenvalue weighted by molar-refractivity contribution is 6.30. The lowest BCUT2D eigenvalue weighted by Crippen LogP contribution is -2.33. The van der Waals surface area contributed by atoms with Crippen LogP contribution < -0.4 is 5.32 Å². The molecular weight excluding hydrogens is 352 g/mol. The molecule has 1 atom stereocenters. The summed E-state index contributed by atoms with van der Waals surface area (Å²) in [6, 6.07) is 14.4. The highest BCUT2D eigenvalue weighted by Crippen LogP contribution is 2.23. The number of halogens is 1. The molecule has 2 amide bonds. The molecule has 0 radical (unpaired) electrons. The molecule has 2 aromatic rings. The Labute approximate surface area is 158 Å². The Kier molecular flexibility index (Phi) is 7.18. The van der Waals surface area contributed by atoms with Gasteiger partial charge < -0.3 is 15.0 Å². The summed E-state index contributed by atoms with van der Waals surface area (Å²) >= 11 is 5.95. The van der Waals surface area contributed by atoms with E-state index in [1.807, 2.05) is 24.3 Å². The van der Waals surface area contributed by atoms with Crippen molar-refractivity contribution in [2.45, 2.75) is 19.5 Å². The number of nitrogens with zero attached hydrogens (tertiary/aromatic N) is 1. The number of carbonyl (C=O) groups is 2. The van der Waals surface area contributed by atoms with Crippen molar-refractivity contribution in [2.24, 2.45) is 0 Å². The van der Waals surface area contributed by atoms with Gasteiger partial charge in [-0.25, -0.2) is 0 Å². The minimum atomic E-state index is -0.219. The van der Waals surface area contributed by atoms with Crippen LogP contribution in [0, 0.1) is 0 Å². The summed E-state index contributed by atoms with van der Waals surface area (Å²) in [5, 5.41) is 3.38. The molecule has 0 unspecified atom stereocenters. The zero-order valence-corrected chi connectivity index (χ0v) is 15.9. The van der Waals surface area contributed by atoms with E-state index in [1.165, 1.54) is 6.92 Å². The Balaban J connectivity index is 2.14. The Hall–Kier alpha value is -2.37. The van der Waals surface area contributed by atoms with Gasteiger partial charge in [-0.15, -0.1) is 0 Å². The number of methoxy groups -OCH3 is 1. The number of amides is 2. The molecular formula is C20H23ClN2O3. The van der Waals surface area contributed by atoms with Gasteiger partial charge in [0.15, 0.2) is 0 Å². The second-order valence-electron chi connectivity index (χ2n) is 6.05. The molecule has 0 saturated carbocycles. The van der Waals surface area contributed by atoms with Crippen molar-refractivity contribution >= 4 is 23.4 Å². The van der Waals surface area contributed by atoms with E-state index in [9.17, 15) is 9.59 Å². The minimum Gasteiger partial charge on any atom is -0.382 e. The first-order valence-electron chi connectivity index (χ1n) is 8.27. The number of carbonyl (C=O) groups excluding carboxylic acids is 2. The zero-order chi connectivity index (χ0) is 19.1. The van der Waals surface area contributed by atoms with Gasteiger partial charge in [-0.2, -0.15) is 0 Å². The van der Waals surface area contributed by atoms with Crippen LogP contribution in [0.4, 0.5) is 0 Å². The van der Waals surface area contributed by atoms with Gasteiger partial charge in [0, 0.05) is 38.2 Å². The van der Waals surface area contributed by atoms with Gasteiger partial charge in [-0.1, -0.05) is 35.9 Å². The average Bonchev–Trinajstić information content (AvgIpc) is 2.64. The molecule has 0 bridgehead atoms. The summed E-state index contributed by atoms with van der Waals surface area (Å²) < 4.78 is 5.30. The molecule has 5 nitrogen and oxygen atoms in total. The van der Waals surface area contributed by atoms with Gasteiger partial charge >= 0.3 is 0 Å². The third kappa shape index (κ3) is 5.31. The largest absolute Gasteiger partial charge is 0.382 e. The molecule has 26 heavy (non-hydrogen) atoms. The lowest BCUT2D eigenvalue weighted by atomic mass is 10.0. The van der Waals surface area contributed by atoms with Crippen LogP contribution in [-0.4, -0.2) is 37.5 Å². The highest BCUT2D eigenvalue weighted by atomic mass is 35.5. The first kappa shape index (κ1) is 19.9. The summed E-state index contributed by atoms with van der Waals surface area (Å²) in [4.78, 5) is 25.5. The van der Waals surface area contributed by atoms with Crippen molar-refractivity contribution in [3.63, 3.8) is 0 Å². The number of rotatable bonds is 7. The third-order valence-electron chi connectivity index (χ3n) is 4.11. The van der Waals surface area contributed by atoms with Gasteiger partial charge in [0.05, 0.1) is 12.6 Å². The van der Waals surface area contributed by atoms with Crippen LogP contribution in [0.15, 0.2) is 48.5 Å². The first-order chi connectivity index (χ1) is 12.4. The van der Waals surface area contributed by atoms with E-state index < -0.39 is 0 Å². The predicted molar refractivity (Wildman–Crippen MR) is 102 cm³/mol. The van der Waals surface area contributed by atoms with Crippen LogP contribution >= 0.6 is 11.6 Å². The number of hydrogen-bond acceptors (Lipinski definition) is 3. The quantitative estimate of drug-likeness (QED) is 0.807. The van der Waals surface area contributed by atoms with Crippen LogP contribution in [0.25, 0.3) is 0 Å². The summed E-state index contributed by atoms with van der Waals surface area (Å²) in [5.41, 5.74) is 2.47. The van der Waals surface area contributed by atoms with Crippen LogP contribution in [0.3, 0.4) is 0 Å². The summed E-state index contributed by atoms with van der Waals surface area (Å²) in [6.07, 6.45) is 0. The van der Waals surface area contributed by atoms with Gasteiger partial charge in [-0.05, 0) is 35.4 Å². The molecule has 2 rings (SSSR count). The highest BCUT2D eigenvalue weighted by Gasteiger charge is 2.22. The van der Waals surface area contributed by atoms with Gasteiger partial charge in [-0.3, -0.25) is 9.59 Å². The maximum absolute atomic E-state index is 12.9. The zero-order valence-electron chi connectivity index (χ0n) is 15.2. The summed E-state index contributed by atoms with van der Waals surface area (Å²) in [7, 11) is 3.36. The fraction of sp³-hybridized carbons (Fsp3) is 0.300. The van der Waals surface area contributed by atoms with E-state index >= 15 is 0 Å². The molecule has 2 aromatic carbocycles. The van der Waals surface area contributed by atoms with Gasteiger partial charge in [0.2, 0.25) is 5.91 Å². The van der Waals surface area contributed by atoms with E-state index in [2.05, 4.69) is 5.32 Å². The average molecular weight is 375 g/mol. The fourth-order valence-electron chi connectivity index (χ4n) is 2.61. The number of hydrogen-bond donors (Lipinski definition) is 1. The Bertz CT molecular complexity index is 745. The molecule has 0 aliphatic rings. The molecule has 0 heterocycles. The Morgan fingerprint density at radius 3 is 2.27 bits per heavy atom. The van der Waals surface area contributed by atoms with E-state index in [0.29, 0.717) is 23.7 Å². The van der Waals surface area contributed by atoms with Crippen molar-refractivity contribution in [1.29, 1.82) is 0 Å². The maximum Gasteiger partial charge on any atom is 0.254 e. The summed E-state index contributed by atoms with van der Waals surface area (Å²) in [5.74, 6) is -0.191. The van der Waals surface area contributed by atoms with Gasteiger partial charge in [0.25, 0.3) is 5.91 Å². The predicted octanol–water partition coefficient (Wildman–Crippen LogP) is 3.44. The minimum absolute atomic E-state index is 0.0877. The molecule has 0 aromatic heterocycles. The lowest BCUT2D eigenvalue weighted by Gasteiger charge is -2.28. The first-order valence-corrected chi connectivity index (χ1v) is 8.65. The Morgan fingerprint density at radius 1 is 1.12 bits per heavy atom. The molecule has 0 saturated heterocycles. The van der Waals surface area contributed by atoms with Crippen LogP contribution in [0.5, 0.6) is 0 Å². The van der Waals surface area contributed by atoms with E-state index in [0.717, 1.165) is 11.1 Å². The van der Waals surface area contributed by atoms with E-state index in [4.69, 9.17) is 16.3 Å². The number of ether oxygens (including phenoxy) is 1. The van der Waals surface area contributed by atoms with Crippen LogP contribution in [0.2, 0.25) is 5.02 Å². The SMILES string of the molecule is COC[C@H](c1ccc(Cl)cc1)N(C)C(=O)c1ccc(CNC(C)=O)cc1. The smallest absolute Gasteiger partial charge is 0.254 e. The van der Waals surface area contributed by atoms with Crippen LogP contribution in [0.1, 0.15) is 34.5 Å². The van der Waals surface area contributed by atoms with Crippen molar-refractivity contribution in [1.82, 2.24) is 10.2 Å². The third-order valence-corrected chi connectivity index (χ3v) is 4.36. The summed E-state index contributed by atoms with van der Waals surface area (Å²) in [6.45, 7) is 2.29. The van der Waals surface area contributed by atoms with Gasteiger partial charge in [0.1, 0.15) is 0 Å². The number of nitrogens with one attached hydrogen (secondary N) is 1. The van der Waals surface area contributed by atoms with Crippen molar-refractivity contribution in [2.75, 3.05) is 20.8 Å². The fourth-order valence-corrected chi connectivity index (χ4v) is 2.74. The van der Waals surface area contributed by atoms with Crippen LogP contribution in [-0.2, 0) is 16.1 Å². The molecule has 138 valence electrons. The normalized spacial score (nSPS) is 11.7. The molecule has 6 heteroatoms. The Morgan fingerprint density at radius 2 is 1.73 bits per heavy atom. The standard InChI is InChI=1S/C20H23ClN2O3/c1-14(24)22-12-15-4-6-17(7-5-15)20(25)23(2)19(13-26-3)16-8-10-18(21)11-9-16/h4-11,19H,12-13H2,1-3H3,(H,22,24)/t19-/m1/s1.